The van der Waals surface area contributed by atoms with Crippen LogP contribution in [0.4, 0.5) is 0 Å². The summed E-state index contributed by atoms with van der Waals surface area (Å²) in [7, 11) is 0. The Morgan fingerprint density at radius 1 is 1.75 bits per heavy atom. The second kappa shape index (κ2) is 2.63. The molecule has 0 aromatic carbocycles. The molecular formula is C2H2O2. The fraction of sp³-hybridized carbons (Fsp3) is 0.500. The highest BCUT2D eigenvalue weighted by Gasteiger charge is 1.60. The maximum absolute atomic E-state index is 8.88. The van der Waals surface area contributed by atoms with E-state index in [1.54, 1.807) is 0 Å². The van der Waals surface area contributed by atoms with E-state index in [-0.39, 0.29) is 0 Å². The van der Waals surface area contributed by atoms with E-state index in [2.05, 4.69) is 0 Å². The van der Waals surface area contributed by atoms with Crippen molar-refractivity contribution in [1.82, 2.24) is 0 Å². The molecule has 2 radical (unpaired) electrons. The van der Waals surface area contributed by atoms with Crippen LogP contribution in [0.25, 0.3) is 0 Å². The van der Waals surface area contributed by atoms with Crippen LogP contribution in [-0.4, -0.2) is 12.9 Å². The van der Waals surface area contributed by atoms with Crippen molar-refractivity contribution in [1.29, 1.82) is 0 Å². The Hall–Kier alpha value is -0.370. The number of rotatable bonds is 1. The maximum Gasteiger partial charge on any atom is 0.229 e. The molecule has 0 aromatic rings. The molecule has 0 saturated heterocycles. The summed E-state index contributed by atoms with van der Waals surface area (Å²) in [5.74, 6) is 0. The first kappa shape index (κ1) is 3.63. The summed E-state index contributed by atoms with van der Waals surface area (Å²) in [6.45, 7) is -0.736. The lowest BCUT2D eigenvalue weighted by Gasteiger charge is -1.46. The fourth-order valence-electron chi connectivity index (χ4n) is 0. The van der Waals surface area contributed by atoms with Gasteiger partial charge in [0.2, 0.25) is 6.29 Å². The average Bonchev–Trinajstić information content (AvgIpc) is 1.37. The Balaban J connectivity index is 2.30. The van der Waals surface area contributed by atoms with E-state index in [0.29, 0.717) is 0 Å². The minimum atomic E-state index is -0.736. The summed E-state index contributed by atoms with van der Waals surface area (Å²) in [4.78, 5) is 8.74. The van der Waals surface area contributed by atoms with Gasteiger partial charge in [-0.3, -0.25) is 4.79 Å². The highest BCUT2D eigenvalue weighted by Crippen LogP contribution is 1.31. The van der Waals surface area contributed by atoms with Crippen molar-refractivity contribution in [2.75, 3.05) is 6.61 Å². The summed E-state index contributed by atoms with van der Waals surface area (Å²) in [6, 6.07) is 0. The summed E-state index contributed by atoms with van der Waals surface area (Å²) in [5.41, 5.74) is 0. The zero-order valence-electron chi connectivity index (χ0n) is 2.02. The van der Waals surface area contributed by atoms with Crippen LogP contribution in [0.3, 0.4) is 0 Å². The molecule has 0 aromatic heterocycles. The van der Waals surface area contributed by atoms with Crippen LogP contribution in [-0.2, 0) is 9.90 Å². The Bertz CT molecular complexity index is 18.0. The van der Waals surface area contributed by atoms with E-state index >= 15 is 0 Å². The minimum absolute atomic E-state index is 0.736. The quantitative estimate of drug-likeness (QED) is 0.401. The number of carbonyl (C=O) groups excluding carboxylic acids is 1. The molecule has 22 valence electrons. The monoisotopic (exact) mass is 58.0 g/mol. The van der Waals surface area contributed by atoms with Crippen LogP contribution in [0.1, 0.15) is 0 Å². The van der Waals surface area contributed by atoms with Gasteiger partial charge >= 0.3 is 0 Å². The van der Waals surface area contributed by atoms with Crippen LogP contribution in [0.15, 0.2) is 0 Å². The molecule has 0 heterocycles. The van der Waals surface area contributed by atoms with E-state index < -0.39 is 6.61 Å². The first-order chi connectivity index (χ1) is 1.91. The molecular weight excluding hydrogens is 56.0 g/mol. The molecule has 0 saturated carbocycles. The molecule has 2 heteroatoms. The van der Waals surface area contributed by atoms with Gasteiger partial charge in [0, 0.05) is 0 Å². The van der Waals surface area contributed by atoms with E-state index in [0.717, 1.165) is 6.29 Å². The van der Waals surface area contributed by atoms with Crippen LogP contribution in [0.2, 0.25) is 0 Å². The maximum atomic E-state index is 8.88. The van der Waals surface area contributed by atoms with Crippen molar-refractivity contribution >= 4 is 6.29 Å². The Labute approximate surface area is 24.1 Å². The minimum Gasteiger partial charge on any atom is -0.288 e. The van der Waals surface area contributed by atoms with Crippen molar-refractivity contribution in [3.05, 3.63) is 0 Å². The molecule has 0 N–H and O–H groups in total. The molecule has 2 nitrogen and oxygen atoms in total. The first-order valence-corrected chi connectivity index (χ1v) is 0.846. The molecule has 0 bridgehead atoms. The van der Waals surface area contributed by atoms with Gasteiger partial charge < -0.3 is 0 Å². The van der Waals surface area contributed by atoms with Crippen molar-refractivity contribution in [2.45, 2.75) is 0 Å². The molecule has 0 amide bonds. The van der Waals surface area contributed by atoms with E-state index in [1.165, 1.54) is 0 Å². The van der Waals surface area contributed by atoms with Crippen LogP contribution < -0.4 is 0 Å². The summed E-state index contributed by atoms with van der Waals surface area (Å²) in [5, 5.41) is 8.88. The van der Waals surface area contributed by atoms with Crippen LogP contribution in [0, 0.1) is 0 Å². The van der Waals surface area contributed by atoms with Crippen molar-refractivity contribution in [3.8, 4) is 0 Å². The third kappa shape index (κ3) is 1.63. The largest absolute Gasteiger partial charge is 0.288 e. The van der Waals surface area contributed by atoms with E-state index in [1.807, 2.05) is 0 Å². The Morgan fingerprint density at radius 2 is 2.00 bits per heavy atom. The predicted octanol–water partition coefficient (Wildman–Crippen LogP) is -0.473. The van der Waals surface area contributed by atoms with Gasteiger partial charge in [-0.2, -0.15) is 0 Å². The fourth-order valence-corrected chi connectivity index (χ4v) is 0. The van der Waals surface area contributed by atoms with Gasteiger partial charge in [-0.25, -0.2) is 5.11 Å². The van der Waals surface area contributed by atoms with Crippen molar-refractivity contribution in [2.24, 2.45) is 0 Å². The lowest BCUT2D eigenvalue weighted by Crippen LogP contribution is -1.72. The summed E-state index contributed by atoms with van der Waals surface area (Å²) in [6.07, 6.45) is 1.12. The normalized spacial score (nSPS) is 6.25. The Morgan fingerprint density at radius 3 is 2.00 bits per heavy atom. The third-order valence-electron chi connectivity index (χ3n) is 0.0589. The topological polar surface area (TPSA) is 37.0 Å². The molecule has 0 spiro atoms. The highest BCUT2D eigenvalue weighted by molar-refractivity contribution is 5.50. The second-order valence-electron chi connectivity index (χ2n) is 0.289. The molecule has 0 aliphatic rings. The lowest BCUT2D eigenvalue weighted by molar-refractivity contribution is 0.240. The van der Waals surface area contributed by atoms with Crippen LogP contribution in [0.5, 0.6) is 0 Å². The Kier molecular flexibility index (Phi) is 2.39. The summed E-state index contributed by atoms with van der Waals surface area (Å²) < 4.78 is 0. The molecule has 4 heavy (non-hydrogen) atoms. The number of hydrogen-bond donors (Lipinski definition) is 0. The second-order valence-corrected chi connectivity index (χ2v) is 0.289. The third-order valence-corrected chi connectivity index (χ3v) is 0.0589. The highest BCUT2D eigenvalue weighted by atomic mass is 16.3. The van der Waals surface area contributed by atoms with Gasteiger partial charge in [-0.15, -0.1) is 0 Å². The predicted molar refractivity (Wildman–Crippen MR) is 11.2 cm³/mol. The van der Waals surface area contributed by atoms with Gasteiger partial charge in [-0.05, 0) is 0 Å². The van der Waals surface area contributed by atoms with E-state index in [9.17, 15) is 0 Å². The standard InChI is InChI=1S/C2H2O2/c3-1-2-4/h1H2. The molecule has 0 atom stereocenters. The molecule has 0 rings (SSSR count). The zero-order valence-corrected chi connectivity index (χ0v) is 2.02. The summed E-state index contributed by atoms with van der Waals surface area (Å²) >= 11 is 0. The molecule has 0 fully saturated rings. The van der Waals surface area contributed by atoms with Crippen molar-refractivity contribution in [3.63, 3.8) is 0 Å². The van der Waals surface area contributed by atoms with Gasteiger partial charge in [0.1, 0.15) is 6.61 Å². The molecule has 0 aliphatic heterocycles. The first-order valence-electron chi connectivity index (χ1n) is 0.846. The molecule has 0 aliphatic carbocycles. The van der Waals surface area contributed by atoms with Gasteiger partial charge in [0.05, 0.1) is 0 Å². The SMILES string of the molecule is [O]C[C]=O. The van der Waals surface area contributed by atoms with E-state index in [4.69, 9.17) is 9.90 Å². The van der Waals surface area contributed by atoms with Gasteiger partial charge in [0.25, 0.3) is 0 Å². The van der Waals surface area contributed by atoms with Gasteiger partial charge in [0.15, 0.2) is 0 Å². The lowest BCUT2D eigenvalue weighted by atomic mass is 10.9. The smallest absolute Gasteiger partial charge is 0.229 e. The number of hydrogen-bond acceptors (Lipinski definition) is 1. The van der Waals surface area contributed by atoms with Crippen molar-refractivity contribution < 1.29 is 9.90 Å². The van der Waals surface area contributed by atoms with Gasteiger partial charge in [-0.1, -0.05) is 0 Å². The zero-order chi connectivity index (χ0) is 3.41. The molecule has 0 unspecified atom stereocenters. The van der Waals surface area contributed by atoms with Crippen LogP contribution >= 0.6 is 0 Å². The average molecular weight is 58.0 g/mol.